The molecule has 9 rings (SSSR count). The molecule has 5 fully saturated rings. The zero-order valence-electron chi connectivity index (χ0n) is 60.7. The third-order valence-corrected chi connectivity index (χ3v) is 23.0. The zero-order chi connectivity index (χ0) is 76.2. The molecule has 5 saturated heterocycles. The normalized spacial score (nSPS) is 35.1. The maximum Gasteiger partial charge on any atom is 0.422 e. The molecule has 0 saturated carbocycles. The van der Waals surface area contributed by atoms with Gasteiger partial charge in [0.2, 0.25) is 11.8 Å². The van der Waals surface area contributed by atoms with Crippen molar-refractivity contribution in [1.29, 1.82) is 0 Å². The van der Waals surface area contributed by atoms with Gasteiger partial charge in [0.15, 0.2) is 24.9 Å². The van der Waals surface area contributed by atoms with Gasteiger partial charge < -0.3 is 93.9 Å². The molecule has 0 radical (unpaired) electrons. The van der Waals surface area contributed by atoms with Gasteiger partial charge in [-0.05, 0) is 132 Å². The SMILES string of the molecule is CC1(C)S[C@@H]2[C@H](NC(=O)[C@H](N)c3ccc(O)cc3)C(=O)N2[C@H]1C(=O)O.CC[C@H]1OC(=O)[C@H](C)[C@@H](O[C@H]2C[C@@](C)(OC)[C@@H](O)[C@H](C)O2)[C@H](C)[C@@H](O[C@@H]2O[C@H](C)C[C@H](N(C)C)[C@H]2O)[C@](C)(OC)C[C@@H](C)C(=O)[C@H](C)[C@@H](O)[C@]1(C)O.Cc1c(OCC(F)(F)F)ccnc1C[S@+]([O-])c1nc2ccccc2[nH]1. The molecule has 102 heavy (non-hydrogen) atoms. The number of nitrogens with zero attached hydrogens (tertiary/aromatic N) is 4. The Labute approximate surface area is 599 Å². The number of carbonyl (C=O) groups excluding carboxylic acids is 4. The lowest BCUT2D eigenvalue weighted by Gasteiger charge is -2.50. The summed E-state index contributed by atoms with van der Waals surface area (Å²) in [6.45, 7) is 20.8. The van der Waals surface area contributed by atoms with Crippen LogP contribution in [0.15, 0.2) is 66.0 Å². The molecule has 0 spiro atoms. The number of halogens is 3. The monoisotopic (exact) mass is 1480 g/mol. The van der Waals surface area contributed by atoms with Crippen LogP contribution in [-0.2, 0) is 74.1 Å². The van der Waals surface area contributed by atoms with Crippen LogP contribution in [0.4, 0.5) is 13.2 Å². The first-order valence-electron chi connectivity index (χ1n) is 33.9. The number of nitrogens with two attached hydrogens (primary N) is 1. The Morgan fingerprint density at radius 2 is 1.56 bits per heavy atom. The van der Waals surface area contributed by atoms with Crippen LogP contribution in [-0.4, -0.2) is 237 Å². The quantitative estimate of drug-likeness (QED) is 0.0333. The fraction of sp³-hybridized carbons (Fsp3) is 0.671. The van der Waals surface area contributed by atoms with Gasteiger partial charge in [0.1, 0.15) is 64.7 Å². The number of nitrogens with one attached hydrogen (secondary N) is 2. The largest absolute Gasteiger partial charge is 0.609 e. The molecular formula is C70H102F3N7O20S2. The number of pyridine rings is 1. The number of carboxylic acids is 1. The number of ketones is 1. The average Bonchev–Trinajstić information content (AvgIpc) is 1.55. The number of likely N-dealkylation sites (N-methyl/N-ethyl adjacent to an activating group) is 1. The van der Waals surface area contributed by atoms with E-state index in [0.29, 0.717) is 33.9 Å². The van der Waals surface area contributed by atoms with Crippen molar-refractivity contribution in [1.82, 2.24) is 30.1 Å². The number of cyclic esters (lactones) is 1. The number of carboxylic acid groups (broad SMARTS) is 1. The van der Waals surface area contributed by atoms with Gasteiger partial charge >= 0.3 is 23.3 Å². The minimum Gasteiger partial charge on any atom is -0.609 e. The molecule has 27 nitrogen and oxygen atoms in total. The molecule has 5 aliphatic heterocycles. The number of fused-ring (bicyclic) bond motifs is 2. The number of hydrogen-bond donors (Lipinski definition) is 9. The fourth-order valence-electron chi connectivity index (χ4n) is 14.1. The molecule has 0 bridgehead atoms. The number of H-pyrrole nitrogens is 1. The van der Waals surface area contributed by atoms with Crippen LogP contribution in [0.1, 0.15) is 132 Å². The second-order valence-corrected chi connectivity index (χ2v) is 31.8. The fourth-order valence-corrected chi connectivity index (χ4v) is 16.8. The van der Waals surface area contributed by atoms with E-state index in [1.807, 2.05) is 51.0 Å². The lowest BCUT2D eigenvalue weighted by Crippen LogP contribution is -2.71. The van der Waals surface area contributed by atoms with Crippen LogP contribution < -0.4 is 15.8 Å². The second-order valence-electron chi connectivity index (χ2n) is 28.6. The first-order chi connectivity index (χ1) is 47.4. The lowest BCUT2D eigenvalue weighted by molar-refractivity contribution is -0.319. The third-order valence-electron chi connectivity index (χ3n) is 20.3. The number of carbonyl (C=O) groups is 5. The molecule has 5 aliphatic rings. The first-order valence-corrected chi connectivity index (χ1v) is 36.1. The molecule has 4 aromatic rings. The second kappa shape index (κ2) is 33.7. The number of methoxy groups -OCH3 is 2. The highest BCUT2D eigenvalue weighted by atomic mass is 32.2. The van der Waals surface area contributed by atoms with Crippen LogP contribution in [0.25, 0.3) is 11.0 Å². The van der Waals surface area contributed by atoms with Crippen LogP contribution >= 0.6 is 11.8 Å². The molecule has 7 heterocycles. The Morgan fingerprint density at radius 1 is 0.922 bits per heavy atom. The van der Waals surface area contributed by atoms with E-state index in [-0.39, 0.29) is 54.4 Å². The topological polar surface area (TPSA) is 390 Å². The Morgan fingerprint density at radius 3 is 2.15 bits per heavy atom. The maximum atomic E-state index is 14.2. The number of esters is 1. The highest BCUT2D eigenvalue weighted by Crippen LogP contribution is 2.51. The van der Waals surface area contributed by atoms with Crippen molar-refractivity contribution in [3.05, 3.63) is 77.6 Å². The third kappa shape index (κ3) is 18.9. The summed E-state index contributed by atoms with van der Waals surface area (Å²) in [5.74, 6) is -6.31. The highest BCUT2D eigenvalue weighted by Gasteiger charge is 2.64. The van der Waals surface area contributed by atoms with Gasteiger partial charge in [-0.25, -0.2) is 4.79 Å². The van der Waals surface area contributed by atoms with E-state index >= 15 is 0 Å². The number of aromatic hydroxyl groups is 1. The molecule has 10 N–H and O–H groups in total. The predicted octanol–water partition coefficient (Wildman–Crippen LogP) is 5.98. The number of phenols is 1. The number of phenolic OH excluding ortho intramolecular Hbond substituents is 1. The van der Waals surface area contributed by atoms with Crippen molar-refractivity contribution in [2.24, 2.45) is 29.4 Å². The van der Waals surface area contributed by atoms with Gasteiger partial charge in [-0.15, -0.1) is 11.8 Å². The number of para-hydroxylation sites is 2. The zero-order valence-corrected chi connectivity index (χ0v) is 62.3. The van der Waals surface area contributed by atoms with E-state index in [0.717, 1.165) is 5.52 Å². The summed E-state index contributed by atoms with van der Waals surface area (Å²) < 4.78 is 97.4. The summed E-state index contributed by atoms with van der Waals surface area (Å²) in [6, 6.07) is 11.5. The molecule has 570 valence electrons. The predicted molar refractivity (Wildman–Crippen MR) is 368 cm³/mol. The van der Waals surface area contributed by atoms with Crippen molar-refractivity contribution < 1.29 is 110 Å². The maximum absolute atomic E-state index is 14.2. The van der Waals surface area contributed by atoms with Gasteiger partial charge in [0, 0.05) is 72.1 Å². The van der Waals surface area contributed by atoms with Crippen LogP contribution in [0.2, 0.25) is 0 Å². The summed E-state index contributed by atoms with van der Waals surface area (Å²) >= 11 is -0.161. The van der Waals surface area contributed by atoms with Crippen molar-refractivity contribution >= 4 is 63.5 Å². The van der Waals surface area contributed by atoms with Crippen LogP contribution in [0.5, 0.6) is 11.5 Å². The number of aromatic nitrogens is 3. The number of β-lactam (4-membered cyclic amide) rings is 1. The minimum atomic E-state index is -4.42. The number of hydrogen-bond acceptors (Lipinski definition) is 24. The number of amides is 2. The number of alkyl halides is 3. The smallest absolute Gasteiger partial charge is 0.422 e. The first kappa shape index (κ1) is 83.5. The lowest BCUT2D eigenvalue weighted by atomic mass is 9.74. The van der Waals surface area contributed by atoms with E-state index in [1.54, 1.807) is 75.3 Å². The number of aliphatic hydroxyl groups excluding tert-OH is 3. The standard InChI is InChI=1S/C38H69NO13.C16H14F3N3O2S.C16H19N3O5S/c1-15-26-38(10,45)31(42)21(4)28(40)19(2)17-37(9,47-14)33(52-35-29(41)25(39(11)12)16-20(3)48-35)22(5)30(23(6)34(44)50-26)51-27-18-36(8,46-13)32(43)24(7)49-27;1-10-13(20-7-6-14(10)24-9-16(17,18)19)8-25(23)15-21-11-4-2-3-5-12(11)22-15;1-16(2)11(15(23)24)19-13(22)10(14(19)25-16)18-12(21)9(17)7-3-5-8(20)6-4-7/h19-27,29-33,35,41-43,45H,15-18H2,1-14H3;2-7H,8-9H2,1H3,(H,21,22);3-6,9-11,14,20H,17H2,1-2H3,(H,18,21)(H,23,24)/t19-,20-,21+,22+,23-,24+,25+,26-,27+,29-,30+,31-,32+,33-,35+,36-,37-,38-;25-;9-,10-,11+,14-/m101/s1. The van der Waals surface area contributed by atoms with E-state index in [4.69, 9.17) is 43.6 Å². The van der Waals surface area contributed by atoms with Crippen LogP contribution in [0.3, 0.4) is 0 Å². The molecule has 0 unspecified atom stereocenters. The molecule has 23 atom stereocenters. The van der Waals surface area contributed by atoms with E-state index in [9.17, 15) is 72.3 Å². The number of rotatable bonds is 17. The van der Waals surface area contributed by atoms with Gasteiger partial charge in [0.05, 0.1) is 64.4 Å². The van der Waals surface area contributed by atoms with E-state index in [2.05, 4.69) is 20.3 Å². The van der Waals surface area contributed by atoms with Gasteiger partial charge in [0.25, 0.3) is 0 Å². The summed E-state index contributed by atoms with van der Waals surface area (Å²) in [5, 5.41) is 66.7. The van der Waals surface area contributed by atoms with Gasteiger partial charge in [-0.2, -0.15) is 18.2 Å². The minimum absolute atomic E-state index is 0.0227. The molecule has 32 heteroatoms. The van der Waals surface area contributed by atoms with Crippen molar-refractivity contribution in [2.75, 3.05) is 34.9 Å². The molecule has 2 aromatic carbocycles. The number of benzene rings is 2. The van der Waals surface area contributed by atoms with E-state index < -0.39 is 172 Å². The summed E-state index contributed by atoms with van der Waals surface area (Å²) in [6.07, 6.45) is -11.8. The molecule has 2 aromatic heterocycles. The number of imidazole rings is 1. The summed E-state index contributed by atoms with van der Waals surface area (Å²) in [7, 11) is 6.77. The Bertz CT molecular complexity index is 3490. The van der Waals surface area contributed by atoms with Crippen molar-refractivity contribution in [3.8, 4) is 11.5 Å². The number of ether oxygens (including phenoxy) is 8. The number of aliphatic hydroxyl groups is 4. The average molecular weight is 1480 g/mol. The molecule has 2 amide bonds. The number of thioether (sulfide) groups is 1. The Balaban J connectivity index is 0.000000240. The number of aromatic amines is 1. The number of Topliss-reactive ketones (excluding diaryl/α,β-unsaturated/α-hetero) is 1. The van der Waals surface area contributed by atoms with Crippen molar-refractivity contribution in [3.63, 3.8) is 0 Å². The Kier molecular flexibility index (Phi) is 27.6. The molecular weight excluding hydrogens is 1380 g/mol. The highest BCUT2D eigenvalue weighted by molar-refractivity contribution is 8.01. The summed E-state index contributed by atoms with van der Waals surface area (Å²) in [4.78, 5) is 78.9. The Hall–Kier alpha value is -5.82. The van der Waals surface area contributed by atoms with Gasteiger partial charge in [-0.3, -0.25) is 29.1 Å². The van der Waals surface area contributed by atoms with E-state index in [1.165, 1.54) is 74.3 Å². The van der Waals surface area contributed by atoms with Gasteiger partial charge in [-0.1, -0.05) is 52.0 Å². The summed E-state index contributed by atoms with van der Waals surface area (Å²) in [5.41, 5.74) is 4.45. The van der Waals surface area contributed by atoms with Crippen molar-refractivity contribution in [2.45, 2.75) is 245 Å². The molecule has 0 aliphatic carbocycles. The van der Waals surface area contributed by atoms with Crippen LogP contribution in [0, 0.1) is 30.6 Å². The number of aliphatic carboxylic acids is 1.